The summed E-state index contributed by atoms with van der Waals surface area (Å²) in [6.07, 6.45) is 2.22. The summed E-state index contributed by atoms with van der Waals surface area (Å²) in [4.78, 5) is 1.68. The van der Waals surface area contributed by atoms with E-state index in [9.17, 15) is 0 Å². The first-order chi connectivity index (χ1) is 14.2. The van der Waals surface area contributed by atoms with Crippen molar-refractivity contribution in [3.63, 3.8) is 0 Å². The van der Waals surface area contributed by atoms with Crippen molar-refractivity contribution in [2.75, 3.05) is 20.2 Å². The molecule has 0 radical (unpaired) electrons. The Morgan fingerprint density at radius 3 is 2.48 bits per heavy atom. The topological polar surface area (TPSA) is 54.7 Å². The average Bonchev–Trinajstić information content (AvgIpc) is 2.74. The molecule has 3 aromatic rings. The number of ether oxygens (including phenoxy) is 3. The van der Waals surface area contributed by atoms with Crippen LogP contribution in [0.1, 0.15) is 5.56 Å². The van der Waals surface area contributed by atoms with Crippen molar-refractivity contribution in [2.24, 2.45) is 0 Å². The highest BCUT2D eigenvalue weighted by Crippen LogP contribution is 2.33. The van der Waals surface area contributed by atoms with Crippen molar-refractivity contribution in [1.29, 1.82) is 5.26 Å². The number of methoxy groups -OCH3 is 1. The Morgan fingerprint density at radius 1 is 0.931 bits per heavy atom. The molecule has 0 unspecified atom stereocenters. The Morgan fingerprint density at radius 2 is 1.72 bits per heavy atom. The van der Waals surface area contributed by atoms with E-state index in [0.717, 1.165) is 33.9 Å². The van der Waals surface area contributed by atoms with Crippen LogP contribution in [0.4, 0.5) is 0 Å². The molecule has 0 N–H and O–H groups in total. The molecule has 4 rings (SSSR count). The van der Waals surface area contributed by atoms with Crippen LogP contribution in [0.15, 0.2) is 72.8 Å². The monoisotopic (exact) mass is 386 g/mol. The minimum absolute atomic E-state index is 0.0908. The number of hydrogen-bond donors (Lipinski definition) is 0. The van der Waals surface area contributed by atoms with Crippen LogP contribution in [0.5, 0.6) is 17.2 Å². The van der Waals surface area contributed by atoms with Gasteiger partial charge in [0.05, 0.1) is 32.9 Å². The van der Waals surface area contributed by atoms with Crippen molar-refractivity contribution in [1.82, 2.24) is 4.90 Å². The highest BCUT2D eigenvalue weighted by Gasteiger charge is 2.26. The van der Waals surface area contributed by atoms with Crippen LogP contribution in [-0.4, -0.2) is 31.2 Å². The van der Waals surface area contributed by atoms with Crippen LogP contribution in [0.25, 0.3) is 11.1 Å². The highest BCUT2D eigenvalue weighted by molar-refractivity contribution is 5.70. The summed E-state index contributed by atoms with van der Waals surface area (Å²) in [5, 5.41) is 8.88. The van der Waals surface area contributed by atoms with Gasteiger partial charge in [-0.25, -0.2) is 0 Å². The molecule has 0 aromatic heterocycles. The molecule has 1 heterocycles. The molecule has 146 valence electrons. The summed E-state index contributed by atoms with van der Waals surface area (Å²) >= 11 is 0. The zero-order valence-electron chi connectivity index (χ0n) is 16.2. The molecule has 1 aliphatic heterocycles. The van der Waals surface area contributed by atoms with E-state index in [1.54, 1.807) is 12.0 Å². The average molecular weight is 386 g/mol. The fourth-order valence-corrected chi connectivity index (χ4v) is 3.26. The summed E-state index contributed by atoms with van der Waals surface area (Å²) < 4.78 is 17.4. The molecule has 3 aromatic carbocycles. The van der Waals surface area contributed by atoms with Gasteiger partial charge in [-0.2, -0.15) is 5.26 Å². The van der Waals surface area contributed by atoms with Crippen molar-refractivity contribution in [3.8, 4) is 34.6 Å². The molecule has 0 saturated carbocycles. The van der Waals surface area contributed by atoms with Gasteiger partial charge in [-0.3, -0.25) is 0 Å². The lowest BCUT2D eigenvalue weighted by Gasteiger charge is -2.34. The van der Waals surface area contributed by atoms with Crippen LogP contribution < -0.4 is 9.47 Å². The molecule has 1 saturated heterocycles. The number of rotatable bonds is 7. The summed E-state index contributed by atoms with van der Waals surface area (Å²) in [5.41, 5.74) is 3.14. The van der Waals surface area contributed by atoms with Gasteiger partial charge in [-0.15, -0.1) is 0 Å². The molecular weight excluding hydrogens is 364 g/mol. The summed E-state index contributed by atoms with van der Waals surface area (Å²) in [6, 6.07) is 23.7. The van der Waals surface area contributed by atoms with Crippen LogP contribution in [0, 0.1) is 11.5 Å². The van der Waals surface area contributed by atoms with Crippen molar-refractivity contribution < 1.29 is 14.2 Å². The molecule has 5 nitrogen and oxygen atoms in total. The number of para-hydroxylation sites is 1. The Hall–Kier alpha value is -3.49. The van der Waals surface area contributed by atoms with E-state index in [1.165, 1.54) is 0 Å². The van der Waals surface area contributed by atoms with E-state index in [-0.39, 0.29) is 6.10 Å². The molecular formula is C24H22N2O3. The zero-order valence-corrected chi connectivity index (χ0v) is 16.2. The lowest BCUT2D eigenvalue weighted by atomic mass is 9.99. The molecule has 0 aliphatic carbocycles. The van der Waals surface area contributed by atoms with E-state index >= 15 is 0 Å². The summed E-state index contributed by atoms with van der Waals surface area (Å²) in [5.74, 6) is 2.35. The minimum atomic E-state index is 0.0908. The SMILES string of the molecule is COc1cccc(-c2cc(Oc3ccccc3)ccc2COC2CN(C#N)C2)c1. The Labute approximate surface area is 170 Å². The van der Waals surface area contributed by atoms with Gasteiger partial charge in [0.15, 0.2) is 6.19 Å². The highest BCUT2D eigenvalue weighted by atomic mass is 16.5. The summed E-state index contributed by atoms with van der Waals surface area (Å²) in [7, 11) is 1.66. The number of likely N-dealkylation sites (tertiary alicyclic amines) is 1. The third-order valence-electron chi connectivity index (χ3n) is 4.90. The number of nitriles is 1. The molecule has 1 aliphatic rings. The van der Waals surface area contributed by atoms with Crippen LogP contribution >= 0.6 is 0 Å². The van der Waals surface area contributed by atoms with Crippen molar-refractivity contribution >= 4 is 0 Å². The standard InChI is InChI=1S/C24H22N2O3/c1-27-21-9-5-6-18(12-21)24-13-22(29-20-7-3-2-4-8-20)11-10-19(24)16-28-23-14-26(15-23)17-25/h2-13,23H,14-16H2,1H3. The van der Waals surface area contributed by atoms with Crippen LogP contribution in [-0.2, 0) is 11.3 Å². The van der Waals surface area contributed by atoms with E-state index in [1.807, 2.05) is 66.7 Å². The first-order valence-corrected chi connectivity index (χ1v) is 9.51. The number of benzene rings is 3. The molecule has 5 heteroatoms. The largest absolute Gasteiger partial charge is 0.497 e. The van der Waals surface area contributed by atoms with Gasteiger partial charge in [0.1, 0.15) is 17.2 Å². The number of hydrogen-bond acceptors (Lipinski definition) is 5. The van der Waals surface area contributed by atoms with Gasteiger partial charge in [0, 0.05) is 0 Å². The molecule has 0 amide bonds. The fourth-order valence-electron chi connectivity index (χ4n) is 3.26. The maximum Gasteiger partial charge on any atom is 0.179 e. The predicted octanol–water partition coefficient (Wildman–Crippen LogP) is 4.84. The maximum atomic E-state index is 8.88. The second-order valence-corrected chi connectivity index (χ2v) is 6.90. The Bertz CT molecular complexity index is 1010. The predicted molar refractivity (Wildman–Crippen MR) is 111 cm³/mol. The van der Waals surface area contributed by atoms with Gasteiger partial charge < -0.3 is 19.1 Å². The molecule has 29 heavy (non-hydrogen) atoms. The lowest BCUT2D eigenvalue weighted by Crippen LogP contribution is -2.49. The van der Waals surface area contributed by atoms with E-state index in [0.29, 0.717) is 19.7 Å². The minimum Gasteiger partial charge on any atom is -0.497 e. The third-order valence-corrected chi connectivity index (χ3v) is 4.90. The van der Waals surface area contributed by atoms with Crippen molar-refractivity contribution in [2.45, 2.75) is 12.7 Å². The normalized spacial score (nSPS) is 13.4. The molecule has 0 spiro atoms. The van der Waals surface area contributed by atoms with E-state index in [2.05, 4.69) is 12.3 Å². The van der Waals surface area contributed by atoms with Crippen LogP contribution in [0.2, 0.25) is 0 Å². The first-order valence-electron chi connectivity index (χ1n) is 9.51. The van der Waals surface area contributed by atoms with E-state index < -0.39 is 0 Å². The van der Waals surface area contributed by atoms with Gasteiger partial charge in [-0.1, -0.05) is 36.4 Å². The molecule has 0 bridgehead atoms. The van der Waals surface area contributed by atoms with Crippen LogP contribution in [0.3, 0.4) is 0 Å². The molecule has 1 fully saturated rings. The van der Waals surface area contributed by atoms with Gasteiger partial charge >= 0.3 is 0 Å². The number of nitrogens with zero attached hydrogens (tertiary/aromatic N) is 2. The summed E-state index contributed by atoms with van der Waals surface area (Å²) in [6.45, 7) is 1.78. The maximum absolute atomic E-state index is 8.88. The second kappa shape index (κ2) is 8.68. The third kappa shape index (κ3) is 4.50. The lowest BCUT2D eigenvalue weighted by molar-refractivity contribution is -0.0399. The van der Waals surface area contributed by atoms with Gasteiger partial charge in [0.2, 0.25) is 0 Å². The van der Waals surface area contributed by atoms with Crippen molar-refractivity contribution in [3.05, 3.63) is 78.4 Å². The smallest absolute Gasteiger partial charge is 0.179 e. The molecule has 0 atom stereocenters. The van der Waals surface area contributed by atoms with Gasteiger partial charge in [0.25, 0.3) is 0 Å². The fraction of sp³-hybridized carbons (Fsp3) is 0.208. The quantitative estimate of drug-likeness (QED) is 0.544. The Kier molecular flexibility index (Phi) is 5.64. The van der Waals surface area contributed by atoms with Gasteiger partial charge in [-0.05, 0) is 53.1 Å². The zero-order chi connectivity index (χ0) is 20.1. The first kappa shape index (κ1) is 18.9. The van der Waals surface area contributed by atoms with E-state index in [4.69, 9.17) is 19.5 Å². The second-order valence-electron chi connectivity index (χ2n) is 6.90. The Balaban J connectivity index is 1.60.